The van der Waals surface area contributed by atoms with Gasteiger partial charge in [0.1, 0.15) is 5.82 Å². The van der Waals surface area contributed by atoms with Crippen molar-refractivity contribution in [2.75, 3.05) is 6.54 Å². The first-order valence-electron chi connectivity index (χ1n) is 6.95. The molecule has 1 fully saturated rings. The van der Waals surface area contributed by atoms with E-state index in [4.69, 9.17) is 0 Å². The highest BCUT2D eigenvalue weighted by molar-refractivity contribution is 5.48. The Balaban J connectivity index is 1.88. The van der Waals surface area contributed by atoms with E-state index in [-0.39, 0.29) is 6.04 Å². The molecule has 2 aliphatic rings. The predicted molar refractivity (Wildman–Crippen MR) is 67.0 cm³/mol. The second kappa shape index (κ2) is 4.71. The van der Waals surface area contributed by atoms with Gasteiger partial charge in [0.15, 0.2) is 5.82 Å². The van der Waals surface area contributed by atoms with Crippen LogP contribution in [0.1, 0.15) is 62.6 Å². The minimum Gasteiger partial charge on any atom is -0.333 e. The molecular formula is C13H20N4O. The molecule has 98 valence electrons. The predicted octanol–water partition coefficient (Wildman–Crippen LogP) is 1.86. The summed E-state index contributed by atoms with van der Waals surface area (Å²) < 4.78 is 2.25. The summed E-state index contributed by atoms with van der Waals surface area (Å²) in [4.78, 5) is 12.8. The van der Waals surface area contributed by atoms with E-state index >= 15 is 0 Å². The third kappa shape index (κ3) is 1.82. The fraction of sp³-hybridized carbons (Fsp3) is 0.769. The molecule has 1 aliphatic carbocycles. The van der Waals surface area contributed by atoms with E-state index in [1.807, 2.05) is 6.92 Å². The Morgan fingerprint density at radius 1 is 1.11 bits per heavy atom. The number of amides is 1. The molecule has 0 bridgehead atoms. The van der Waals surface area contributed by atoms with Gasteiger partial charge in [-0.3, -0.25) is 4.79 Å². The molecule has 3 rings (SSSR count). The first-order valence-corrected chi connectivity index (χ1v) is 6.95. The van der Waals surface area contributed by atoms with Crippen molar-refractivity contribution in [3.05, 3.63) is 11.6 Å². The van der Waals surface area contributed by atoms with Gasteiger partial charge in [-0.1, -0.05) is 19.3 Å². The molecule has 1 aromatic heterocycles. The summed E-state index contributed by atoms with van der Waals surface area (Å²) in [6.45, 7) is 3.64. The second-order valence-corrected chi connectivity index (χ2v) is 5.42. The highest BCUT2D eigenvalue weighted by Gasteiger charge is 2.30. The van der Waals surface area contributed by atoms with Gasteiger partial charge in [-0.25, -0.2) is 0 Å². The Hall–Kier alpha value is -1.39. The molecule has 1 aromatic rings. The summed E-state index contributed by atoms with van der Waals surface area (Å²) in [5, 5.41) is 8.73. The van der Waals surface area contributed by atoms with E-state index in [1.165, 1.54) is 32.1 Å². The van der Waals surface area contributed by atoms with Crippen molar-refractivity contribution in [2.45, 2.75) is 57.5 Å². The van der Waals surface area contributed by atoms with Crippen molar-refractivity contribution >= 4 is 6.41 Å². The first-order chi connectivity index (χ1) is 8.81. The van der Waals surface area contributed by atoms with E-state index in [2.05, 4.69) is 14.8 Å². The van der Waals surface area contributed by atoms with Gasteiger partial charge in [0.2, 0.25) is 6.41 Å². The fourth-order valence-electron chi connectivity index (χ4n) is 3.23. The van der Waals surface area contributed by atoms with Crippen LogP contribution in [0.25, 0.3) is 0 Å². The van der Waals surface area contributed by atoms with E-state index in [0.717, 1.165) is 31.1 Å². The smallest absolute Gasteiger partial charge is 0.210 e. The van der Waals surface area contributed by atoms with Crippen LogP contribution in [-0.4, -0.2) is 32.6 Å². The van der Waals surface area contributed by atoms with Crippen molar-refractivity contribution in [1.82, 2.24) is 19.7 Å². The number of carbonyl (C=O) groups excluding carboxylic acids is 1. The summed E-state index contributed by atoms with van der Waals surface area (Å²) >= 11 is 0. The van der Waals surface area contributed by atoms with Crippen LogP contribution in [0.15, 0.2) is 0 Å². The van der Waals surface area contributed by atoms with Crippen LogP contribution in [-0.2, 0) is 11.3 Å². The monoisotopic (exact) mass is 248 g/mol. The van der Waals surface area contributed by atoms with Crippen molar-refractivity contribution in [3.8, 4) is 0 Å². The molecule has 0 spiro atoms. The van der Waals surface area contributed by atoms with Crippen LogP contribution in [0.3, 0.4) is 0 Å². The highest BCUT2D eigenvalue weighted by atomic mass is 16.1. The maximum atomic E-state index is 11.0. The van der Waals surface area contributed by atoms with E-state index in [0.29, 0.717) is 5.92 Å². The molecule has 5 heteroatoms. The number of rotatable bonds is 2. The van der Waals surface area contributed by atoms with Crippen molar-refractivity contribution < 1.29 is 4.79 Å². The highest BCUT2D eigenvalue weighted by Crippen LogP contribution is 2.34. The molecule has 2 heterocycles. The molecule has 5 nitrogen and oxygen atoms in total. The summed E-state index contributed by atoms with van der Waals surface area (Å²) in [6.07, 6.45) is 7.37. The quantitative estimate of drug-likeness (QED) is 0.751. The minimum absolute atomic E-state index is 0.0566. The Morgan fingerprint density at radius 3 is 2.56 bits per heavy atom. The molecule has 0 aromatic carbocycles. The number of hydrogen-bond acceptors (Lipinski definition) is 3. The van der Waals surface area contributed by atoms with Crippen LogP contribution in [0, 0.1) is 0 Å². The normalized spacial score (nSPS) is 24.9. The third-order valence-electron chi connectivity index (χ3n) is 4.37. The maximum absolute atomic E-state index is 11.0. The molecule has 1 aliphatic heterocycles. The van der Waals surface area contributed by atoms with Gasteiger partial charge < -0.3 is 9.47 Å². The van der Waals surface area contributed by atoms with Gasteiger partial charge in [-0.05, 0) is 19.8 Å². The molecule has 0 saturated heterocycles. The molecule has 1 amide bonds. The van der Waals surface area contributed by atoms with Crippen LogP contribution in [0.2, 0.25) is 0 Å². The number of carbonyl (C=O) groups is 1. The number of fused-ring (bicyclic) bond motifs is 1. The summed E-state index contributed by atoms with van der Waals surface area (Å²) in [7, 11) is 0. The van der Waals surface area contributed by atoms with E-state index in [9.17, 15) is 4.79 Å². The van der Waals surface area contributed by atoms with Gasteiger partial charge in [-0.15, -0.1) is 10.2 Å². The number of aromatic nitrogens is 3. The zero-order chi connectivity index (χ0) is 12.5. The lowest BCUT2D eigenvalue weighted by Crippen LogP contribution is -2.36. The molecular weight excluding hydrogens is 228 g/mol. The Bertz CT molecular complexity index is 436. The molecule has 0 N–H and O–H groups in total. The number of nitrogens with zero attached hydrogens (tertiary/aromatic N) is 4. The topological polar surface area (TPSA) is 51.0 Å². The Kier molecular flexibility index (Phi) is 3.06. The average Bonchev–Trinajstić information content (AvgIpc) is 2.85. The lowest BCUT2D eigenvalue weighted by Gasteiger charge is -2.31. The van der Waals surface area contributed by atoms with Crippen molar-refractivity contribution in [1.29, 1.82) is 0 Å². The Labute approximate surface area is 107 Å². The van der Waals surface area contributed by atoms with Gasteiger partial charge >= 0.3 is 0 Å². The first kappa shape index (κ1) is 11.7. The molecule has 18 heavy (non-hydrogen) atoms. The maximum Gasteiger partial charge on any atom is 0.210 e. The van der Waals surface area contributed by atoms with Gasteiger partial charge in [0.25, 0.3) is 0 Å². The van der Waals surface area contributed by atoms with Crippen molar-refractivity contribution in [3.63, 3.8) is 0 Å². The van der Waals surface area contributed by atoms with Crippen LogP contribution in [0.4, 0.5) is 0 Å². The molecule has 0 radical (unpaired) electrons. The van der Waals surface area contributed by atoms with Crippen LogP contribution in [0.5, 0.6) is 0 Å². The third-order valence-corrected chi connectivity index (χ3v) is 4.37. The summed E-state index contributed by atoms with van der Waals surface area (Å²) in [5.41, 5.74) is 0. The van der Waals surface area contributed by atoms with Gasteiger partial charge in [-0.2, -0.15) is 0 Å². The lowest BCUT2D eigenvalue weighted by molar-refractivity contribution is -0.121. The van der Waals surface area contributed by atoms with Gasteiger partial charge in [0.05, 0.1) is 6.04 Å². The van der Waals surface area contributed by atoms with Crippen LogP contribution >= 0.6 is 0 Å². The largest absolute Gasteiger partial charge is 0.333 e. The van der Waals surface area contributed by atoms with Crippen molar-refractivity contribution in [2.24, 2.45) is 0 Å². The molecule has 1 atom stereocenters. The molecule has 1 unspecified atom stereocenters. The van der Waals surface area contributed by atoms with E-state index < -0.39 is 0 Å². The standard InChI is InChI=1S/C13H20N4O/c1-10-12-14-15-13(11-5-3-2-4-6-11)17(12)8-7-16(10)9-18/h9-11H,2-8H2,1H3. The fourth-order valence-corrected chi connectivity index (χ4v) is 3.23. The Morgan fingerprint density at radius 2 is 1.83 bits per heavy atom. The van der Waals surface area contributed by atoms with Crippen LogP contribution < -0.4 is 0 Å². The summed E-state index contributed by atoms with van der Waals surface area (Å²) in [5.74, 6) is 2.69. The number of hydrogen-bond donors (Lipinski definition) is 0. The second-order valence-electron chi connectivity index (χ2n) is 5.42. The van der Waals surface area contributed by atoms with E-state index in [1.54, 1.807) is 4.90 Å². The minimum atomic E-state index is 0.0566. The zero-order valence-electron chi connectivity index (χ0n) is 10.9. The summed E-state index contributed by atoms with van der Waals surface area (Å²) in [6, 6.07) is 0.0566. The SMILES string of the molecule is CC1c2nnc(C3CCCCC3)n2CCN1C=O. The lowest BCUT2D eigenvalue weighted by atomic mass is 9.88. The average molecular weight is 248 g/mol. The van der Waals surface area contributed by atoms with Gasteiger partial charge in [0, 0.05) is 19.0 Å². The molecule has 1 saturated carbocycles. The zero-order valence-corrected chi connectivity index (χ0v) is 10.9.